The number of hydrogen-bond acceptors (Lipinski definition) is 1. The lowest BCUT2D eigenvalue weighted by Gasteiger charge is -2.12. The number of benzene rings is 4. The molecule has 0 fully saturated rings. The van der Waals surface area contributed by atoms with Crippen LogP contribution < -0.4 is 0 Å². The van der Waals surface area contributed by atoms with Crippen LogP contribution in [0.4, 0.5) is 0 Å². The number of nitrogens with zero attached hydrogens (tertiary/aromatic N) is 1. The second kappa shape index (κ2) is 8.11. The van der Waals surface area contributed by atoms with E-state index in [1.165, 1.54) is 27.2 Å². The average Bonchev–Trinajstić information content (AvgIpc) is 3.20. The van der Waals surface area contributed by atoms with Gasteiger partial charge in [-0.3, -0.25) is 4.79 Å². The topological polar surface area (TPSA) is 42.2 Å². The van der Waals surface area contributed by atoms with E-state index in [0.29, 0.717) is 6.42 Å². The standard InChI is InChI=1S/C28H23NO2/c30-28(31)12-6-7-20-13-16-23(17-14-20)29-26-18-15-21-8-4-5-11-24(21)25(26)19-27(29)22-9-2-1-3-10-22/h1-5,8-11,13-19H,6-7,12H2,(H,30,31). The Hall–Kier alpha value is -3.85. The molecule has 0 aliphatic rings. The number of aryl methyl sites for hydroxylation is 1. The third kappa shape index (κ3) is 3.71. The van der Waals surface area contributed by atoms with E-state index in [4.69, 9.17) is 5.11 Å². The first-order chi connectivity index (χ1) is 15.2. The molecule has 0 atom stereocenters. The normalized spacial score (nSPS) is 11.2. The predicted octanol–water partition coefficient (Wildman–Crippen LogP) is 6.86. The van der Waals surface area contributed by atoms with Crippen LogP contribution in [0.15, 0.2) is 97.1 Å². The Bertz CT molecular complexity index is 1370. The highest BCUT2D eigenvalue weighted by molar-refractivity contribution is 6.09. The lowest BCUT2D eigenvalue weighted by Crippen LogP contribution is -1.98. The van der Waals surface area contributed by atoms with Gasteiger partial charge in [-0.1, -0.05) is 72.8 Å². The van der Waals surface area contributed by atoms with Crippen LogP contribution in [0.1, 0.15) is 18.4 Å². The van der Waals surface area contributed by atoms with Crippen LogP contribution in [0, 0.1) is 0 Å². The van der Waals surface area contributed by atoms with E-state index >= 15 is 0 Å². The lowest BCUT2D eigenvalue weighted by atomic mass is 10.1. The molecule has 5 rings (SSSR count). The largest absolute Gasteiger partial charge is 0.481 e. The van der Waals surface area contributed by atoms with Crippen LogP contribution >= 0.6 is 0 Å². The fraction of sp³-hybridized carbons (Fsp3) is 0.107. The van der Waals surface area contributed by atoms with Crippen LogP contribution in [-0.4, -0.2) is 15.6 Å². The summed E-state index contributed by atoms with van der Waals surface area (Å²) in [5.41, 5.74) is 5.77. The SMILES string of the molecule is O=C(O)CCCc1ccc(-n2c(-c3ccccc3)cc3c4ccccc4ccc32)cc1. The first kappa shape index (κ1) is 19.1. The number of hydrogen-bond donors (Lipinski definition) is 1. The Morgan fingerprint density at radius 2 is 1.52 bits per heavy atom. The maximum atomic E-state index is 10.8. The van der Waals surface area contributed by atoms with E-state index in [1.54, 1.807) is 0 Å². The molecule has 1 N–H and O–H groups in total. The van der Waals surface area contributed by atoms with Crippen LogP contribution in [0.2, 0.25) is 0 Å². The van der Waals surface area contributed by atoms with E-state index in [1.807, 2.05) is 6.07 Å². The summed E-state index contributed by atoms with van der Waals surface area (Å²) in [6, 6.07) is 34.1. The number of aromatic nitrogens is 1. The van der Waals surface area contributed by atoms with Gasteiger partial charge in [0.15, 0.2) is 0 Å². The minimum atomic E-state index is -0.741. The van der Waals surface area contributed by atoms with Crippen LogP contribution in [0.3, 0.4) is 0 Å². The molecular weight excluding hydrogens is 382 g/mol. The first-order valence-corrected chi connectivity index (χ1v) is 10.6. The van der Waals surface area contributed by atoms with Gasteiger partial charge in [0.25, 0.3) is 0 Å². The molecule has 5 aromatic rings. The zero-order valence-electron chi connectivity index (χ0n) is 17.2. The maximum absolute atomic E-state index is 10.8. The summed E-state index contributed by atoms with van der Waals surface area (Å²) < 4.78 is 2.32. The van der Waals surface area contributed by atoms with Crippen molar-refractivity contribution in [2.75, 3.05) is 0 Å². The molecule has 4 aromatic carbocycles. The number of carboxylic acids is 1. The Kier molecular flexibility index (Phi) is 5.01. The molecule has 0 amide bonds. The average molecular weight is 405 g/mol. The molecule has 0 aliphatic heterocycles. The fourth-order valence-corrected chi connectivity index (χ4v) is 4.32. The quantitative estimate of drug-likeness (QED) is 0.335. The predicted molar refractivity (Wildman–Crippen MR) is 127 cm³/mol. The van der Waals surface area contributed by atoms with Gasteiger partial charge in [0, 0.05) is 17.5 Å². The Labute approximate surface area is 181 Å². The van der Waals surface area contributed by atoms with Crippen LogP contribution in [0.25, 0.3) is 38.6 Å². The number of aliphatic carboxylic acids is 1. The van der Waals surface area contributed by atoms with E-state index in [0.717, 1.165) is 23.4 Å². The summed E-state index contributed by atoms with van der Waals surface area (Å²) in [6.07, 6.45) is 1.63. The summed E-state index contributed by atoms with van der Waals surface area (Å²) in [4.78, 5) is 10.8. The van der Waals surface area contributed by atoms with Crippen molar-refractivity contribution in [2.24, 2.45) is 0 Å². The summed E-state index contributed by atoms with van der Waals surface area (Å²) in [5.74, 6) is -0.741. The van der Waals surface area contributed by atoms with Gasteiger partial charge in [-0.2, -0.15) is 0 Å². The molecule has 152 valence electrons. The molecule has 0 saturated heterocycles. The molecule has 0 radical (unpaired) electrons. The van der Waals surface area contributed by atoms with E-state index in [2.05, 4.69) is 95.6 Å². The van der Waals surface area contributed by atoms with Gasteiger partial charge < -0.3 is 9.67 Å². The van der Waals surface area contributed by atoms with Crippen molar-refractivity contribution < 1.29 is 9.90 Å². The highest BCUT2D eigenvalue weighted by atomic mass is 16.4. The summed E-state index contributed by atoms with van der Waals surface area (Å²) in [5, 5.41) is 12.6. The summed E-state index contributed by atoms with van der Waals surface area (Å²) >= 11 is 0. The molecule has 0 unspecified atom stereocenters. The molecule has 0 saturated carbocycles. The van der Waals surface area contributed by atoms with Crippen molar-refractivity contribution in [3.8, 4) is 16.9 Å². The van der Waals surface area contributed by atoms with Crippen LogP contribution in [0.5, 0.6) is 0 Å². The Morgan fingerprint density at radius 1 is 0.774 bits per heavy atom. The Morgan fingerprint density at radius 3 is 2.29 bits per heavy atom. The monoisotopic (exact) mass is 405 g/mol. The maximum Gasteiger partial charge on any atom is 0.303 e. The van der Waals surface area contributed by atoms with Gasteiger partial charge in [-0.25, -0.2) is 0 Å². The van der Waals surface area contributed by atoms with Crippen LogP contribution in [-0.2, 0) is 11.2 Å². The fourth-order valence-electron chi connectivity index (χ4n) is 4.32. The number of carboxylic acid groups (broad SMARTS) is 1. The molecule has 1 heterocycles. The van der Waals surface area contributed by atoms with Gasteiger partial charge in [-0.15, -0.1) is 0 Å². The molecule has 31 heavy (non-hydrogen) atoms. The summed E-state index contributed by atoms with van der Waals surface area (Å²) in [6.45, 7) is 0. The van der Waals surface area contributed by atoms with Crippen molar-refractivity contribution in [1.82, 2.24) is 4.57 Å². The minimum Gasteiger partial charge on any atom is -0.481 e. The number of carbonyl (C=O) groups is 1. The van der Waals surface area contributed by atoms with Crippen molar-refractivity contribution in [3.05, 3.63) is 103 Å². The number of rotatable bonds is 6. The molecule has 0 spiro atoms. The molecular formula is C28H23NO2. The molecule has 0 aliphatic carbocycles. The van der Waals surface area contributed by atoms with Crippen molar-refractivity contribution in [3.63, 3.8) is 0 Å². The van der Waals surface area contributed by atoms with Crippen molar-refractivity contribution >= 4 is 27.6 Å². The molecule has 1 aromatic heterocycles. The van der Waals surface area contributed by atoms with Gasteiger partial charge in [0.05, 0.1) is 11.2 Å². The molecule has 0 bridgehead atoms. The van der Waals surface area contributed by atoms with Crippen molar-refractivity contribution in [2.45, 2.75) is 19.3 Å². The van der Waals surface area contributed by atoms with Gasteiger partial charge in [0.1, 0.15) is 0 Å². The highest BCUT2D eigenvalue weighted by Gasteiger charge is 2.14. The minimum absolute atomic E-state index is 0.204. The Balaban J connectivity index is 1.64. The first-order valence-electron chi connectivity index (χ1n) is 10.6. The zero-order chi connectivity index (χ0) is 21.2. The van der Waals surface area contributed by atoms with Crippen molar-refractivity contribution in [1.29, 1.82) is 0 Å². The third-order valence-electron chi connectivity index (χ3n) is 5.83. The van der Waals surface area contributed by atoms with Gasteiger partial charge in [-0.05, 0) is 59.0 Å². The molecule has 3 nitrogen and oxygen atoms in total. The van der Waals surface area contributed by atoms with E-state index < -0.39 is 5.97 Å². The highest BCUT2D eigenvalue weighted by Crippen LogP contribution is 2.35. The summed E-state index contributed by atoms with van der Waals surface area (Å²) in [7, 11) is 0. The van der Waals surface area contributed by atoms with Gasteiger partial charge >= 0.3 is 5.97 Å². The second-order valence-electron chi connectivity index (χ2n) is 7.86. The van der Waals surface area contributed by atoms with E-state index in [9.17, 15) is 4.79 Å². The van der Waals surface area contributed by atoms with E-state index in [-0.39, 0.29) is 6.42 Å². The smallest absolute Gasteiger partial charge is 0.303 e. The number of fused-ring (bicyclic) bond motifs is 3. The molecule has 3 heteroatoms. The second-order valence-corrected chi connectivity index (χ2v) is 7.86. The van der Waals surface area contributed by atoms with Gasteiger partial charge in [0.2, 0.25) is 0 Å². The lowest BCUT2D eigenvalue weighted by molar-refractivity contribution is -0.137. The third-order valence-corrected chi connectivity index (χ3v) is 5.83. The zero-order valence-corrected chi connectivity index (χ0v) is 17.2.